The predicted octanol–water partition coefficient (Wildman–Crippen LogP) is 1.23. The number of fused-ring (bicyclic) bond motifs is 1. The summed E-state index contributed by atoms with van der Waals surface area (Å²) < 4.78 is 27.0. The van der Waals surface area contributed by atoms with Crippen molar-refractivity contribution in [1.29, 1.82) is 0 Å². The van der Waals surface area contributed by atoms with E-state index in [0.29, 0.717) is 5.69 Å². The molecule has 0 aliphatic carbocycles. The second-order valence-corrected chi connectivity index (χ2v) is 4.30. The number of nitrogens with two attached hydrogens (primary N) is 1. The van der Waals surface area contributed by atoms with E-state index >= 15 is 0 Å². The molecule has 1 unspecified atom stereocenters. The Bertz CT molecular complexity index is 641. The zero-order valence-electron chi connectivity index (χ0n) is 9.73. The summed E-state index contributed by atoms with van der Waals surface area (Å²) in [4.78, 5) is 19.9. The Hall–Kier alpha value is -2.28. The average Bonchev–Trinajstić information content (AvgIpc) is 2.93. The van der Waals surface area contributed by atoms with Gasteiger partial charge in [0.25, 0.3) is 0 Å². The zero-order chi connectivity index (χ0) is 13.6. The number of anilines is 1. The average molecular weight is 264 g/mol. The molecule has 19 heavy (non-hydrogen) atoms. The predicted molar refractivity (Wildman–Crippen MR) is 63.1 cm³/mol. The van der Waals surface area contributed by atoms with Gasteiger partial charge in [-0.15, -0.1) is 0 Å². The number of nitrogens with one attached hydrogen (secondary N) is 1. The Morgan fingerprint density at radius 3 is 2.89 bits per heavy atom. The molecule has 0 saturated heterocycles. The van der Waals surface area contributed by atoms with Crippen molar-refractivity contribution in [2.45, 2.75) is 12.6 Å². The fourth-order valence-corrected chi connectivity index (χ4v) is 2.22. The Labute approximate surface area is 107 Å². The molecule has 3 N–H and O–H groups in total. The Morgan fingerprint density at radius 1 is 1.42 bits per heavy atom. The third-order valence-corrected chi connectivity index (χ3v) is 3.09. The molecule has 0 fully saturated rings. The van der Waals surface area contributed by atoms with Crippen LogP contribution in [0.4, 0.5) is 14.5 Å². The molecule has 1 aromatic heterocycles. The van der Waals surface area contributed by atoms with E-state index in [1.165, 1.54) is 17.4 Å². The van der Waals surface area contributed by atoms with Gasteiger partial charge in [0.2, 0.25) is 5.91 Å². The lowest BCUT2D eigenvalue weighted by Crippen LogP contribution is -2.31. The van der Waals surface area contributed by atoms with Crippen LogP contribution in [0.2, 0.25) is 0 Å². The Kier molecular flexibility index (Phi) is 2.56. The molecular formula is C12H10F2N4O. The highest BCUT2D eigenvalue weighted by atomic mass is 19.1. The normalized spacial score (nSPS) is 17.9. The lowest BCUT2D eigenvalue weighted by Gasteiger charge is -2.16. The lowest BCUT2D eigenvalue weighted by molar-refractivity contribution is -0.119. The van der Waals surface area contributed by atoms with E-state index in [1.807, 2.05) is 0 Å². The van der Waals surface area contributed by atoms with Crippen molar-refractivity contribution in [2.24, 2.45) is 5.73 Å². The molecule has 1 amide bonds. The van der Waals surface area contributed by atoms with Gasteiger partial charge in [0.1, 0.15) is 17.7 Å². The second-order valence-electron chi connectivity index (χ2n) is 4.30. The molecule has 0 saturated carbocycles. The summed E-state index contributed by atoms with van der Waals surface area (Å²) >= 11 is 0. The van der Waals surface area contributed by atoms with Gasteiger partial charge in [0, 0.05) is 17.8 Å². The first-order valence-electron chi connectivity index (χ1n) is 5.61. The molecule has 1 aliphatic heterocycles. The van der Waals surface area contributed by atoms with Crippen molar-refractivity contribution < 1.29 is 13.6 Å². The van der Waals surface area contributed by atoms with Crippen molar-refractivity contribution in [3.05, 3.63) is 47.5 Å². The van der Waals surface area contributed by atoms with Gasteiger partial charge in [-0.3, -0.25) is 4.79 Å². The molecule has 2 aromatic rings. The summed E-state index contributed by atoms with van der Waals surface area (Å²) in [6, 6.07) is 0.740. The molecule has 0 radical (unpaired) electrons. The molecule has 7 heteroatoms. The first-order valence-corrected chi connectivity index (χ1v) is 5.61. The number of nitrogens with zero attached hydrogens (tertiary/aromatic N) is 2. The lowest BCUT2D eigenvalue weighted by atomic mass is 10.1. The Balaban J connectivity index is 2.06. The van der Waals surface area contributed by atoms with Crippen LogP contribution < -0.4 is 10.6 Å². The number of carbonyl (C=O) groups is 1. The van der Waals surface area contributed by atoms with Crippen LogP contribution >= 0.6 is 0 Å². The number of carbonyl (C=O) groups excluding carboxylic acids is 1. The van der Waals surface area contributed by atoms with Crippen LogP contribution in [0.25, 0.3) is 0 Å². The van der Waals surface area contributed by atoms with E-state index in [4.69, 9.17) is 5.73 Å². The minimum Gasteiger partial charge on any atom is -0.347 e. The van der Waals surface area contributed by atoms with Gasteiger partial charge < -0.3 is 15.6 Å². The highest BCUT2D eigenvalue weighted by Gasteiger charge is 2.37. The van der Waals surface area contributed by atoms with Crippen LogP contribution in [0.5, 0.6) is 0 Å². The summed E-state index contributed by atoms with van der Waals surface area (Å²) in [6.07, 6.45) is 3.00. The first-order chi connectivity index (χ1) is 9.08. The second kappa shape index (κ2) is 4.13. The largest absolute Gasteiger partial charge is 0.347 e. The smallest absolute Gasteiger partial charge is 0.249 e. The van der Waals surface area contributed by atoms with Gasteiger partial charge in [0.15, 0.2) is 0 Å². The molecule has 1 aromatic carbocycles. The fraction of sp³-hybridized carbons (Fsp3) is 0.167. The van der Waals surface area contributed by atoms with Gasteiger partial charge in [0.05, 0.1) is 24.3 Å². The van der Waals surface area contributed by atoms with E-state index in [0.717, 1.165) is 12.1 Å². The number of rotatable bonds is 2. The minimum atomic E-state index is -1.10. The molecule has 1 atom stereocenters. The van der Waals surface area contributed by atoms with Crippen molar-refractivity contribution >= 4 is 11.6 Å². The number of amides is 1. The number of hydrogen-bond donors (Lipinski definition) is 2. The molecule has 0 spiro atoms. The van der Waals surface area contributed by atoms with E-state index in [2.05, 4.69) is 9.97 Å². The summed E-state index contributed by atoms with van der Waals surface area (Å²) in [5.74, 6) is -2.01. The number of imidazole rings is 1. The van der Waals surface area contributed by atoms with Gasteiger partial charge >= 0.3 is 0 Å². The summed E-state index contributed by atoms with van der Waals surface area (Å²) in [5.41, 5.74) is 6.54. The third kappa shape index (κ3) is 1.78. The number of aromatic nitrogens is 2. The third-order valence-electron chi connectivity index (χ3n) is 3.09. The van der Waals surface area contributed by atoms with Crippen molar-refractivity contribution in [2.75, 3.05) is 4.90 Å². The minimum absolute atomic E-state index is 0.0333. The maximum Gasteiger partial charge on any atom is 0.249 e. The van der Waals surface area contributed by atoms with Gasteiger partial charge in [-0.2, -0.15) is 0 Å². The van der Waals surface area contributed by atoms with Crippen molar-refractivity contribution in [3.63, 3.8) is 0 Å². The first kappa shape index (κ1) is 11.8. The number of H-pyrrole nitrogens is 1. The Morgan fingerprint density at radius 2 is 2.21 bits per heavy atom. The zero-order valence-corrected chi connectivity index (χ0v) is 9.73. The van der Waals surface area contributed by atoms with E-state index in [9.17, 15) is 13.6 Å². The molecule has 98 valence electrons. The van der Waals surface area contributed by atoms with Crippen LogP contribution in [0.15, 0.2) is 24.7 Å². The van der Waals surface area contributed by atoms with Crippen LogP contribution in [-0.4, -0.2) is 15.9 Å². The van der Waals surface area contributed by atoms with Crippen molar-refractivity contribution in [1.82, 2.24) is 9.97 Å². The topological polar surface area (TPSA) is 75.0 Å². The standard InChI is InChI=1S/C12H10F2N4O/c13-6-1-8(14)10-9(2-6)18(12(19)11(10)15)4-7-3-16-5-17-7/h1-3,5,11H,4,15H2,(H,16,17). The molecule has 5 nitrogen and oxygen atoms in total. The highest BCUT2D eigenvalue weighted by molar-refractivity contribution is 6.04. The summed E-state index contributed by atoms with van der Waals surface area (Å²) in [7, 11) is 0. The molecule has 2 heterocycles. The van der Waals surface area contributed by atoms with Crippen LogP contribution in [-0.2, 0) is 11.3 Å². The highest BCUT2D eigenvalue weighted by Crippen LogP contribution is 2.37. The maximum absolute atomic E-state index is 13.7. The monoisotopic (exact) mass is 264 g/mol. The number of halogens is 2. The SMILES string of the molecule is NC1C(=O)N(Cc2cnc[nH]2)c2cc(F)cc(F)c21. The fourth-order valence-electron chi connectivity index (χ4n) is 2.22. The molecule has 0 bridgehead atoms. The summed E-state index contributed by atoms with van der Waals surface area (Å²) in [5, 5.41) is 0. The van der Waals surface area contributed by atoms with E-state index in [1.54, 1.807) is 0 Å². The van der Waals surface area contributed by atoms with Crippen LogP contribution in [0.1, 0.15) is 17.3 Å². The van der Waals surface area contributed by atoms with E-state index < -0.39 is 23.6 Å². The van der Waals surface area contributed by atoms with Gasteiger partial charge in [-0.25, -0.2) is 13.8 Å². The maximum atomic E-state index is 13.7. The number of aromatic amines is 1. The molecular weight excluding hydrogens is 254 g/mol. The molecule has 1 aliphatic rings. The van der Waals surface area contributed by atoms with Gasteiger partial charge in [-0.1, -0.05) is 0 Å². The van der Waals surface area contributed by atoms with Crippen LogP contribution in [0, 0.1) is 11.6 Å². The number of benzene rings is 1. The molecule has 3 rings (SSSR count). The summed E-state index contributed by atoms with van der Waals surface area (Å²) in [6.45, 7) is 0.141. The van der Waals surface area contributed by atoms with Gasteiger partial charge in [-0.05, 0) is 6.07 Å². The van der Waals surface area contributed by atoms with Crippen LogP contribution in [0.3, 0.4) is 0 Å². The number of hydrogen-bond acceptors (Lipinski definition) is 3. The van der Waals surface area contributed by atoms with Crippen molar-refractivity contribution in [3.8, 4) is 0 Å². The quantitative estimate of drug-likeness (QED) is 0.856. The van der Waals surface area contributed by atoms with E-state index in [-0.39, 0.29) is 17.8 Å².